The third-order valence-electron chi connectivity index (χ3n) is 4.04. The summed E-state index contributed by atoms with van der Waals surface area (Å²) < 4.78 is 12.7. The van der Waals surface area contributed by atoms with Gasteiger partial charge < -0.3 is 14.8 Å². The summed E-state index contributed by atoms with van der Waals surface area (Å²) in [4.78, 5) is 8.88. The van der Waals surface area contributed by atoms with Crippen LogP contribution in [0.25, 0.3) is 11.2 Å². The Labute approximate surface area is 172 Å². The molecule has 29 heavy (non-hydrogen) atoms. The van der Waals surface area contributed by atoms with E-state index >= 15 is 0 Å². The minimum absolute atomic E-state index is 0.646. The van der Waals surface area contributed by atoms with Crippen LogP contribution >= 0.6 is 0 Å². The van der Waals surface area contributed by atoms with Gasteiger partial charge in [-0.25, -0.2) is 4.98 Å². The molecule has 0 radical (unpaired) electrons. The van der Waals surface area contributed by atoms with Crippen LogP contribution in [-0.4, -0.2) is 28.6 Å². The van der Waals surface area contributed by atoms with Gasteiger partial charge in [0.05, 0.1) is 20.4 Å². The van der Waals surface area contributed by atoms with Gasteiger partial charge in [-0.3, -0.25) is 9.38 Å². The number of nitrogens with zero attached hydrogens (tertiary/aromatic N) is 3. The van der Waals surface area contributed by atoms with E-state index in [4.69, 9.17) is 14.5 Å². The monoisotopic (exact) mass is 392 g/mol. The molecular weight excluding hydrogens is 364 g/mol. The number of nitrogens with one attached hydrogen (secondary N) is 1. The van der Waals surface area contributed by atoms with E-state index in [9.17, 15) is 0 Å². The number of rotatable bonds is 7. The average Bonchev–Trinajstić information content (AvgIpc) is 3.14. The Kier molecular flexibility index (Phi) is 8.03. The number of fused-ring (bicyclic) bond motifs is 1. The van der Waals surface area contributed by atoms with Crippen LogP contribution in [0.3, 0.4) is 0 Å². The molecule has 0 aliphatic carbocycles. The molecule has 0 aliphatic rings. The van der Waals surface area contributed by atoms with E-state index in [0.29, 0.717) is 11.5 Å². The zero-order chi connectivity index (χ0) is 21.2. The highest BCUT2D eigenvalue weighted by Crippen LogP contribution is 2.33. The van der Waals surface area contributed by atoms with Crippen molar-refractivity contribution in [1.82, 2.24) is 14.4 Å². The number of hydrogen-bond acceptors (Lipinski definition) is 5. The molecule has 2 heterocycles. The molecule has 0 spiro atoms. The molecule has 0 aliphatic heterocycles. The molecule has 1 N–H and O–H groups in total. The summed E-state index contributed by atoms with van der Waals surface area (Å²) in [6, 6.07) is 5.66. The van der Waals surface area contributed by atoms with Crippen molar-refractivity contribution in [2.24, 2.45) is 0 Å². The predicted molar refractivity (Wildman–Crippen MR) is 120 cm³/mol. The molecule has 0 saturated heterocycles. The average molecular weight is 393 g/mol. The number of methoxy groups -OCH3 is 2. The molecule has 0 amide bonds. The largest absolute Gasteiger partial charge is 0.493 e. The van der Waals surface area contributed by atoms with Gasteiger partial charge in [-0.15, -0.1) is 0 Å². The van der Waals surface area contributed by atoms with Crippen molar-refractivity contribution in [1.29, 1.82) is 0 Å². The highest BCUT2D eigenvalue weighted by molar-refractivity contribution is 5.83. The van der Waals surface area contributed by atoms with Gasteiger partial charge in [-0.2, -0.15) is 0 Å². The number of aromatic nitrogens is 3. The first-order valence-electron chi connectivity index (χ1n) is 9.48. The summed E-state index contributed by atoms with van der Waals surface area (Å²) in [5.41, 5.74) is 3.27. The van der Waals surface area contributed by atoms with Gasteiger partial charge in [0.2, 0.25) is 0 Å². The molecule has 0 fully saturated rings. The number of benzene rings is 1. The van der Waals surface area contributed by atoms with E-state index in [0.717, 1.165) is 28.4 Å². The fraction of sp³-hybridized carbons (Fsp3) is 0.217. The topological polar surface area (TPSA) is 60.7 Å². The minimum atomic E-state index is 0.646. The van der Waals surface area contributed by atoms with Gasteiger partial charge in [0, 0.05) is 29.7 Å². The summed E-state index contributed by atoms with van der Waals surface area (Å²) in [5.74, 6) is 2.13. The Hall–Kier alpha value is -3.54. The highest BCUT2D eigenvalue weighted by atomic mass is 16.5. The summed E-state index contributed by atoms with van der Waals surface area (Å²) in [5, 5.41) is 3.44. The normalized spacial score (nSPS) is 11.1. The zero-order valence-electron chi connectivity index (χ0n) is 17.6. The second kappa shape index (κ2) is 10.7. The van der Waals surface area contributed by atoms with Crippen LogP contribution in [0, 0.1) is 0 Å². The number of hydrogen-bond donors (Lipinski definition) is 1. The smallest absolute Gasteiger partial charge is 0.162 e. The molecule has 1 aromatic carbocycles. The fourth-order valence-corrected chi connectivity index (χ4v) is 2.72. The number of anilines is 2. The van der Waals surface area contributed by atoms with Crippen LogP contribution in [0.4, 0.5) is 11.5 Å². The molecule has 6 nitrogen and oxygen atoms in total. The fourth-order valence-electron chi connectivity index (χ4n) is 2.72. The van der Waals surface area contributed by atoms with Gasteiger partial charge >= 0.3 is 0 Å². The second-order valence-corrected chi connectivity index (χ2v) is 5.66. The van der Waals surface area contributed by atoms with E-state index < -0.39 is 0 Å². The van der Waals surface area contributed by atoms with E-state index in [2.05, 4.69) is 16.9 Å². The Morgan fingerprint density at radius 2 is 1.93 bits per heavy atom. The van der Waals surface area contributed by atoms with Crippen molar-refractivity contribution in [3.8, 4) is 11.5 Å². The Balaban J connectivity index is 0.00000145. The van der Waals surface area contributed by atoms with Crippen molar-refractivity contribution >= 4 is 22.7 Å². The van der Waals surface area contributed by atoms with Gasteiger partial charge in [0.1, 0.15) is 11.5 Å². The van der Waals surface area contributed by atoms with Crippen molar-refractivity contribution in [2.45, 2.75) is 20.8 Å². The maximum Gasteiger partial charge on any atom is 0.162 e. The van der Waals surface area contributed by atoms with Crippen LogP contribution in [0.2, 0.25) is 0 Å². The molecule has 0 atom stereocenters. The van der Waals surface area contributed by atoms with Gasteiger partial charge in [0.15, 0.2) is 17.1 Å². The number of imidazole rings is 1. The van der Waals surface area contributed by atoms with Crippen LogP contribution < -0.4 is 14.8 Å². The SMILES string of the molecule is C=C/C(=C\C=C\C)c1nc2cnccn2c1Nc1ccc(OC)c(OC)c1.CC. The third kappa shape index (κ3) is 4.85. The number of allylic oxidation sites excluding steroid dienone is 5. The summed E-state index contributed by atoms with van der Waals surface area (Å²) >= 11 is 0. The standard InChI is InChI=1S/C21H22N4O2.C2H6/c1-5-7-8-15(6-2)20-21(25-12-11-22-14-19(25)24-20)23-16-9-10-17(26-3)18(13-16)27-4;1-2/h5-14,23H,2H2,1,3-4H3;1-2H3/b7-5+,15-8+;. The van der Waals surface area contributed by atoms with Crippen molar-refractivity contribution < 1.29 is 9.47 Å². The second-order valence-electron chi connectivity index (χ2n) is 5.66. The number of ether oxygens (including phenoxy) is 2. The van der Waals surface area contributed by atoms with E-state index in [1.165, 1.54) is 0 Å². The quantitative estimate of drug-likeness (QED) is 0.526. The molecular formula is C23H28N4O2. The lowest BCUT2D eigenvalue weighted by Gasteiger charge is -2.12. The van der Waals surface area contributed by atoms with E-state index in [1.807, 2.05) is 67.8 Å². The molecule has 3 rings (SSSR count). The molecule has 0 unspecified atom stereocenters. The zero-order valence-corrected chi connectivity index (χ0v) is 17.6. The lowest BCUT2D eigenvalue weighted by atomic mass is 10.1. The van der Waals surface area contributed by atoms with Gasteiger partial charge in [-0.1, -0.05) is 44.7 Å². The molecule has 0 saturated carbocycles. The maximum atomic E-state index is 5.40. The summed E-state index contributed by atoms with van der Waals surface area (Å²) in [7, 11) is 3.23. The highest BCUT2D eigenvalue weighted by Gasteiger charge is 2.15. The van der Waals surface area contributed by atoms with Gasteiger partial charge in [-0.05, 0) is 19.1 Å². The molecule has 6 heteroatoms. The first-order valence-corrected chi connectivity index (χ1v) is 9.48. The van der Waals surface area contributed by atoms with Crippen molar-refractivity contribution in [3.63, 3.8) is 0 Å². The summed E-state index contributed by atoms with van der Waals surface area (Å²) in [6.45, 7) is 9.89. The molecule has 3 aromatic rings. The Morgan fingerprint density at radius 3 is 2.59 bits per heavy atom. The Bertz CT molecular complexity index is 1020. The Morgan fingerprint density at radius 1 is 1.17 bits per heavy atom. The van der Waals surface area contributed by atoms with Crippen LogP contribution in [-0.2, 0) is 0 Å². The van der Waals surface area contributed by atoms with Crippen molar-refractivity contribution in [3.05, 3.63) is 73.4 Å². The predicted octanol–water partition coefficient (Wildman–Crippen LogP) is 5.66. The maximum absolute atomic E-state index is 5.40. The van der Waals surface area contributed by atoms with Crippen molar-refractivity contribution in [2.75, 3.05) is 19.5 Å². The minimum Gasteiger partial charge on any atom is -0.493 e. The van der Waals surface area contributed by atoms with E-state index in [1.54, 1.807) is 32.7 Å². The van der Waals surface area contributed by atoms with Crippen LogP contribution in [0.5, 0.6) is 11.5 Å². The molecule has 152 valence electrons. The molecule has 2 aromatic heterocycles. The van der Waals surface area contributed by atoms with E-state index in [-0.39, 0.29) is 0 Å². The molecule has 0 bridgehead atoms. The van der Waals surface area contributed by atoms with Crippen LogP contribution in [0.15, 0.2) is 67.7 Å². The first kappa shape index (κ1) is 21.8. The third-order valence-corrected chi connectivity index (χ3v) is 4.04. The first-order chi connectivity index (χ1) is 14.2. The lowest BCUT2D eigenvalue weighted by molar-refractivity contribution is 0.355. The summed E-state index contributed by atoms with van der Waals surface area (Å²) in [6.07, 6.45) is 13.0. The van der Waals surface area contributed by atoms with Crippen LogP contribution in [0.1, 0.15) is 26.5 Å². The lowest BCUT2D eigenvalue weighted by Crippen LogP contribution is -1.99. The van der Waals surface area contributed by atoms with Gasteiger partial charge in [0.25, 0.3) is 0 Å².